The number of rotatable bonds is 13. The van der Waals surface area contributed by atoms with Crippen LogP contribution in [0.25, 0.3) is 23.3 Å². The number of fused-ring (bicyclic) bond motifs is 1. The lowest BCUT2D eigenvalue weighted by molar-refractivity contribution is 0.0631. The third-order valence-electron chi connectivity index (χ3n) is 13.6. The Morgan fingerprint density at radius 1 is 0.561 bits per heavy atom. The monoisotopic (exact) mass is 946 g/mol. The number of carbonyl (C=O) groups excluding carboxylic acids is 2. The summed E-state index contributed by atoms with van der Waals surface area (Å²) in [5.41, 5.74) is 6.32. The van der Waals surface area contributed by atoms with Gasteiger partial charge in [0.1, 0.15) is 11.5 Å². The van der Waals surface area contributed by atoms with Crippen molar-refractivity contribution in [1.29, 1.82) is 0 Å². The van der Waals surface area contributed by atoms with Crippen LogP contribution in [0, 0.1) is 11.8 Å². The van der Waals surface area contributed by atoms with Crippen molar-refractivity contribution in [2.75, 3.05) is 24.6 Å². The first kappa shape index (κ1) is 46.1. The van der Waals surface area contributed by atoms with E-state index in [0.717, 1.165) is 81.9 Å². The summed E-state index contributed by atoms with van der Waals surface area (Å²) in [5.74, 6) is 3.03. The molecule has 20 heteroatoms. The normalized spacial score (nSPS) is 21.8. The molecule has 2 saturated heterocycles. The quantitative estimate of drug-likeness (QED) is 0.111. The summed E-state index contributed by atoms with van der Waals surface area (Å²) >= 11 is 0. The molecule has 0 spiro atoms. The number of benzene rings is 1. The molecule has 0 radical (unpaired) electrons. The second-order valence-corrected chi connectivity index (χ2v) is 22.1. The molecule has 5 aromatic rings. The smallest absolute Gasteiger partial charge is 0.293 e. The van der Waals surface area contributed by atoms with Gasteiger partial charge in [-0.1, -0.05) is 73.8 Å². The molecule has 3 aliphatic heterocycles. The van der Waals surface area contributed by atoms with Crippen LogP contribution in [0.15, 0.2) is 66.4 Å². The highest BCUT2D eigenvalue weighted by atomic mass is 32.2. The Morgan fingerprint density at radius 2 is 1.00 bits per heavy atom. The van der Waals surface area contributed by atoms with E-state index in [0.29, 0.717) is 71.7 Å². The van der Waals surface area contributed by atoms with Gasteiger partial charge in [-0.25, -0.2) is 16.8 Å². The molecule has 66 heavy (non-hydrogen) atoms. The SMILES string of the molecule is NCc1ccc(-c2nc([C@@H]3CCCCN3S(=O)(=O)CC3CCCCC3)no2)o1.O=C1c2ccccc2C(=O)N1Cc1ccc(-c2nc([C@@H]3CCCCN3S(=O)(=O)CC3CCCCC3)no2)o1. The maximum Gasteiger partial charge on any atom is 0.293 e. The minimum absolute atomic E-state index is 0.0246. The highest BCUT2D eigenvalue weighted by Gasteiger charge is 2.40. The summed E-state index contributed by atoms with van der Waals surface area (Å²) in [5, 5.41) is 8.20. The average Bonchev–Trinajstić information content (AvgIpc) is 4.20. The highest BCUT2D eigenvalue weighted by Crippen LogP contribution is 2.37. The van der Waals surface area contributed by atoms with E-state index in [9.17, 15) is 26.4 Å². The Kier molecular flexibility index (Phi) is 14.0. The van der Waals surface area contributed by atoms with Crippen molar-refractivity contribution in [3.05, 3.63) is 82.8 Å². The maximum absolute atomic E-state index is 13.4. The van der Waals surface area contributed by atoms with Crippen LogP contribution in [0.3, 0.4) is 0 Å². The van der Waals surface area contributed by atoms with Gasteiger partial charge in [0.15, 0.2) is 23.2 Å². The van der Waals surface area contributed by atoms with Crippen molar-refractivity contribution >= 4 is 31.9 Å². The molecule has 2 atom stereocenters. The molecule has 18 nitrogen and oxygen atoms in total. The molecule has 7 heterocycles. The average molecular weight is 947 g/mol. The number of imide groups is 1. The molecular weight excluding hydrogens is 889 g/mol. The number of aromatic nitrogens is 4. The summed E-state index contributed by atoms with van der Waals surface area (Å²) < 4.78 is 78.5. The summed E-state index contributed by atoms with van der Waals surface area (Å²) in [7, 11) is -6.82. The number of amides is 2. The Hall–Kier alpha value is -5.02. The summed E-state index contributed by atoms with van der Waals surface area (Å²) in [6.07, 6.45) is 15.6. The van der Waals surface area contributed by atoms with Crippen LogP contribution < -0.4 is 5.73 Å². The first-order valence-corrected chi connectivity index (χ1v) is 26.7. The number of hydrogen-bond acceptors (Lipinski definition) is 15. The zero-order valence-corrected chi connectivity index (χ0v) is 38.7. The fraction of sp³-hybridized carbons (Fsp3) is 0.565. The molecule has 0 unspecified atom stereocenters. The third-order valence-corrected chi connectivity index (χ3v) is 17.7. The first-order chi connectivity index (χ1) is 32.0. The number of furan rings is 2. The molecule has 2 N–H and O–H groups in total. The lowest BCUT2D eigenvalue weighted by Crippen LogP contribution is -2.41. The van der Waals surface area contributed by atoms with Crippen molar-refractivity contribution in [3.8, 4) is 23.3 Å². The van der Waals surface area contributed by atoms with E-state index in [2.05, 4.69) is 20.3 Å². The van der Waals surface area contributed by atoms with Gasteiger partial charge >= 0.3 is 0 Å². The fourth-order valence-electron chi connectivity index (χ4n) is 10.1. The predicted molar refractivity (Wildman–Crippen MR) is 240 cm³/mol. The number of carbonyl (C=O) groups is 2. The molecule has 5 aliphatic rings. The number of piperidine rings is 2. The Balaban J connectivity index is 0.000000174. The van der Waals surface area contributed by atoms with Crippen LogP contribution in [-0.2, 0) is 33.1 Å². The minimum atomic E-state index is -3.46. The molecule has 2 aliphatic carbocycles. The molecule has 1 aromatic carbocycles. The van der Waals surface area contributed by atoms with Gasteiger partial charge in [-0.2, -0.15) is 18.6 Å². The van der Waals surface area contributed by atoms with E-state index >= 15 is 0 Å². The van der Waals surface area contributed by atoms with Gasteiger partial charge < -0.3 is 23.6 Å². The maximum atomic E-state index is 13.4. The Bertz CT molecular complexity index is 2660. The van der Waals surface area contributed by atoms with Crippen LogP contribution in [0.2, 0.25) is 0 Å². The third kappa shape index (κ3) is 10.1. The van der Waals surface area contributed by atoms with Crippen molar-refractivity contribution in [2.24, 2.45) is 17.6 Å². The topological polar surface area (TPSA) is 242 Å². The number of nitrogens with zero attached hydrogens (tertiary/aromatic N) is 7. The number of hydrogen-bond donors (Lipinski definition) is 1. The largest absolute Gasteiger partial charge is 0.455 e. The van der Waals surface area contributed by atoms with Gasteiger partial charge in [0.25, 0.3) is 23.6 Å². The molecule has 2 saturated carbocycles. The molecule has 2 amide bonds. The summed E-state index contributed by atoms with van der Waals surface area (Å²) in [4.78, 5) is 35.4. The number of nitrogens with two attached hydrogens (primary N) is 1. The molecule has 354 valence electrons. The van der Waals surface area contributed by atoms with E-state index in [1.165, 1.54) is 12.8 Å². The van der Waals surface area contributed by atoms with E-state index < -0.39 is 26.1 Å². The molecule has 4 fully saturated rings. The van der Waals surface area contributed by atoms with Gasteiger partial charge in [-0.15, -0.1) is 0 Å². The molecule has 0 bridgehead atoms. The Morgan fingerprint density at radius 3 is 1.45 bits per heavy atom. The van der Waals surface area contributed by atoms with Crippen molar-refractivity contribution in [1.82, 2.24) is 33.8 Å². The minimum Gasteiger partial charge on any atom is -0.455 e. The highest BCUT2D eigenvalue weighted by molar-refractivity contribution is 7.89. The first-order valence-electron chi connectivity index (χ1n) is 23.5. The van der Waals surface area contributed by atoms with Gasteiger partial charge in [0.05, 0.1) is 47.8 Å². The van der Waals surface area contributed by atoms with Gasteiger partial charge in [0.2, 0.25) is 20.0 Å². The lowest BCUT2D eigenvalue weighted by atomic mass is 9.91. The zero-order chi connectivity index (χ0) is 45.8. The van der Waals surface area contributed by atoms with Crippen LogP contribution in [0.1, 0.15) is 159 Å². The standard InChI is InChI=1S/C27H30N4O6S.C19H28N4O4S/c32-26-20-10-4-5-11-21(20)27(33)30(26)16-19-13-14-23(36-19)25-28-24(29-37-25)22-12-6-7-15-31(22)38(34,35)17-18-8-2-1-3-9-18;20-12-15-9-10-17(26-15)19-21-18(22-27-19)16-8-4-5-11-23(16)28(24,25)13-14-6-2-1-3-7-14/h4-5,10-11,13-14,18,22H,1-3,6-9,12,15-17H2;9-10,14,16H,1-8,11-13,20H2/t22-;16-/m00/s1. The second-order valence-electron chi connectivity index (χ2n) is 18.2. The van der Waals surface area contributed by atoms with Crippen molar-refractivity contribution < 1.29 is 44.3 Å². The lowest BCUT2D eigenvalue weighted by Gasteiger charge is -2.34. The van der Waals surface area contributed by atoms with E-state index in [1.54, 1.807) is 57.1 Å². The van der Waals surface area contributed by atoms with Crippen LogP contribution in [-0.4, -0.2) is 87.0 Å². The van der Waals surface area contributed by atoms with Crippen LogP contribution in [0.4, 0.5) is 0 Å². The second kappa shape index (κ2) is 20.1. The van der Waals surface area contributed by atoms with E-state index in [-0.39, 0.29) is 66.1 Å². The van der Waals surface area contributed by atoms with Gasteiger partial charge in [0, 0.05) is 13.1 Å². The number of sulfonamides is 2. The molecule has 10 rings (SSSR count). The van der Waals surface area contributed by atoms with Crippen LogP contribution >= 0.6 is 0 Å². The Labute approximate surface area is 384 Å². The predicted octanol–water partition coefficient (Wildman–Crippen LogP) is 7.79. The van der Waals surface area contributed by atoms with E-state index in [4.69, 9.17) is 23.6 Å². The van der Waals surface area contributed by atoms with E-state index in [1.807, 2.05) is 0 Å². The van der Waals surface area contributed by atoms with Crippen LogP contribution in [0.5, 0.6) is 0 Å². The van der Waals surface area contributed by atoms with Gasteiger partial charge in [-0.05, 0) is 99.6 Å². The zero-order valence-electron chi connectivity index (χ0n) is 37.1. The van der Waals surface area contributed by atoms with Crippen molar-refractivity contribution in [3.63, 3.8) is 0 Å². The summed E-state index contributed by atoms with van der Waals surface area (Å²) in [6, 6.07) is 12.7. The molecular formula is C46H58N8O10S2. The van der Waals surface area contributed by atoms with Crippen molar-refractivity contribution in [2.45, 2.75) is 128 Å². The van der Waals surface area contributed by atoms with Gasteiger partial charge in [-0.3, -0.25) is 14.5 Å². The molecule has 4 aromatic heterocycles. The fourth-order valence-corrected chi connectivity index (χ4v) is 14.4. The summed E-state index contributed by atoms with van der Waals surface area (Å²) in [6.45, 7) is 1.23.